The predicted octanol–water partition coefficient (Wildman–Crippen LogP) is 1.04. The third-order valence-corrected chi connectivity index (χ3v) is 0.448. The molecule has 0 unspecified atom stereocenters. The van der Waals surface area contributed by atoms with E-state index in [4.69, 9.17) is 14.9 Å². The Morgan fingerprint density at radius 3 is 1.36 bits per heavy atom. The van der Waals surface area contributed by atoms with Gasteiger partial charge in [0, 0.05) is 0 Å². The van der Waals surface area contributed by atoms with Crippen LogP contribution in [0.5, 0.6) is 0 Å². The molecule has 0 aromatic rings. The van der Waals surface area contributed by atoms with Gasteiger partial charge in [-0.2, -0.15) is 0 Å². The monoisotopic (exact) mass is 160 g/mol. The lowest BCUT2D eigenvalue weighted by Gasteiger charge is -1.99. The normalized spacial score (nSPS) is 7.64. The fourth-order valence-corrected chi connectivity index (χ4v) is 0.297. The Hall–Kier alpha value is -0.800. The van der Waals surface area contributed by atoms with Crippen LogP contribution in [-0.2, 0) is 4.74 Å². The molecule has 0 rings (SSSR count). The molecule has 0 heterocycles. The minimum Gasteiger partial charge on any atom is -0.468 e. The Kier molecular flexibility index (Phi) is 10.7. The maximum Gasteiger partial charge on any atom is 0.0933 e. The molecule has 0 spiro atoms. The third-order valence-electron chi connectivity index (χ3n) is 0.448. The molecule has 0 aliphatic heterocycles. The van der Waals surface area contributed by atoms with E-state index in [0.29, 0.717) is 11.5 Å². The van der Waals surface area contributed by atoms with E-state index < -0.39 is 0 Å². The third kappa shape index (κ3) is 27.0. The molecule has 0 amide bonds. The van der Waals surface area contributed by atoms with Crippen molar-refractivity contribution in [3.63, 3.8) is 0 Å². The first kappa shape index (κ1) is 12.8. The average Bonchev–Trinajstić information content (AvgIpc) is 1.85. The van der Waals surface area contributed by atoms with E-state index in [2.05, 4.69) is 13.2 Å². The summed E-state index contributed by atoms with van der Waals surface area (Å²) in [7, 11) is 0. The zero-order valence-corrected chi connectivity index (χ0v) is 7.13. The molecule has 2 N–H and O–H groups in total. The lowest BCUT2D eigenvalue weighted by atomic mass is 10.6. The Bertz CT molecular complexity index is 105. The van der Waals surface area contributed by atoms with Gasteiger partial charge in [-0.3, -0.25) is 0 Å². The first-order chi connectivity index (χ1) is 5.04. The summed E-state index contributed by atoms with van der Waals surface area (Å²) in [6, 6.07) is 0. The summed E-state index contributed by atoms with van der Waals surface area (Å²) >= 11 is 0. The van der Waals surface area contributed by atoms with Crippen LogP contribution in [-0.4, -0.2) is 23.4 Å². The summed E-state index contributed by atoms with van der Waals surface area (Å²) in [4.78, 5) is 0. The smallest absolute Gasteiger partial charge is 0.0933 e. The fourth-order valence-electron chi connectivity index (χ4n) is 0.297. The van der Waals surface area contributed by atoms with E-state index in [1.165, 1.54) is 0 Å². The molecule has 0 saturated heterocycles. The Balaban J connectivity index is 0. The Labute approximate surface area is 67.6 Å². The standard InChI is InChI=1S/C6H10O.C2H6O2/c1-5(2)7-6(3)4;3-1-2-4/h1,3H2,2,4H3;3-4H,1-2H2. The van der Waals surface area contributed by atoms with Crippen molar-refractivity contribution < 1.29 is 14.9 Å². The summed E-state index contributed by atoms with van der Waals surface area (Å²) < 4.78 is 4.86. The second-order valence-corrected chi connectivity index (χ2v) is 1.95. The molecule has 0 saturated carbocycles. The second kappa shape index (κ2) is 9.20. The highest BCUT2D eigenvalue weighted by atomic mass is 16.5. The first-order valence-electron chi connectivity index (χ1n) is 3.25. The van der Waals surface area contributed by atoms with Crippen LogP contribution >= 0.6 is 0 Å². The molecule has 3 nitrogen and oxygen atoms in total. The summed E-state index contributed by atoms with van der Waals surface area (Å²) in [5.74, 6) is 1.38. The van der Waals surface area contributed by atoms with Crippen LogP contribution in [0, 0.1) is 0 Å². The highest BCUT2D eigenvalue weighted by Crippen LogP contribution is 1.97. The van der Waals surface area contributed by atoms with Gasteiger partial charge in [0.2, 0.25) is 0 Å². The van der Waals surface area contributed by atoms with Gasteiger partial charge < -0.3 is 14.9 Å². The van der Waals surface area contributed by atoms with Gasteiger partial charge in [0.15, 0.2) is 0 Å². The predicted molar refractivity (Wildman–Crippen MR) is 44.9 cm³/mol. The van der Waals surface area contributed by atoms with Gasteiger partial charge in [0.05, 0.1) is 24.7 Å². The maximum atomic E-state index is 7.62. The van der Waals surface area contributed by atoms with Crippen LogP contribution in [0.3, 0.4) is 0 Å². The molecule has 0 bridgehead atoms. The van der Waals surface area contributed by atoms with Crippen molar-refractivity contribution in [1.29, 1.82) is 0 Å². The molecule has 0 aromatic carbocycles. The Morgan fingerprint density at radius 1 is 1.09 bits per heavy atom. The van der Waals surface area contributed by atoms with Gasteiger partial charge in [-0.1, -0.05) is 13.2 Å². The highest BCUT2D eigenvalue weighted by Gasteiger charge is 1.80. The van der Waals surface area contributed by atoms with Crippen molar-refractivity contribution in [2.24, 2.45) is 0 Å². The van der Waals surface area contributed by atoms with Gasteiger partial charge in [-0.15, -0.1) is 0 Å². The minimum atomic E-state index is -0.125. The number of rotatable bonds is 3. The van der Waals surface area contributed by atoms with Crippen LogP contribution in [0.2, 0.25) is 0 Å². The van der Waals surface area contributed by atoms with Crippen molar-refractivity contribution >= 4 is 0 Å². The molecule has 0 aliphatic rings. The van der Waals surface area contributed by atoms with Gasteiger partial charge in [-0.25, -0.2) is 0 Å². The van der Waals surface area contributed by atoms with Crippen molar-refractivity contribution in [2.45, 2.75) is 13.8 Å². The molecule has 0 atom stereocenters. The van der Waals surface area contributed by atoms with Crippen LogP contribution in [0.25, 0.3) is 0 Å². The lowest BCUT2D eigenvalue weighted by Crippen LogP contribution is -1.85. The minimum absolute atomic E-state index is 0.125. The van der Waals surface area contributed by atoms with E-state index in [1.807, 2.05) is 0 Å². The molecule has 0 aromatic heterocycles. The quantitative estimate of drug-likeness (QED) is 0.606. The number of hydrogen-bond donors (Lipinski definition) is 2. The molecule has 66 valence electrons. The second-order valence-electron chi connectivity index (χ2n) is 1.95. The molecular formula is C8H16O3. The van der Waals surface area contributed by atoms with Crippen molar-refractivity contribution in [3.8, 4) is 0 Å². The van der Waals surface area contributed by atoms with Gasteiger partial charge in [0.25, 0.3) is 0 Å². The average molecular weight is 160 g/mol. The van der Waals surface area contributed by atoms with E-state index in [1.54, 1.807) is 13.8 Å². The molecule has 11 heavy (non-hydrogen) atoms. The lowest BCUT2D eigenvalue weighted by molar-refractivity contribution is 0.186. The summed E-state index contributed by atoms with van der Waals surface area (Å²) in [6.45, 7) is 10.3. The van der Waals surface area contributed by atoms with Crippen molar-refractivity contribution in [3.05, 3.63) is 24.7 Å². The molecular weight excluding hydrogens is 144 g/mol. The number of ether oxygens (including phenoxy) is 1. The first-order valence-corrected chi connectivity index (χ1v) is 3.25. The Morgan fingerprint density at radius 2 is 1.36 bits per heavy atom. The van der Waals surface area contributed by atoms with Crippen LogP contribution in [0.15, 0.2) is 24.7 Å². The summed E-state index contributed by atoms with van der Waals surface area (Å²) in [6.07, 6.45) is 0. The van der Waals surface area contributed by atoms with E-state index in [-0.39, 0.29) is 13.2 Å². The summed E-state index contributed by atoms with van der Waals surface area (Å²) in [5, 5.41) is 15.2. The van der Waals surface area contributed by atoms with Crippen LogP contribution in [0.1, 0.15) is 13.8 Å². The van der Waals surface area contributed by atoms with E-state index in [9.17, 15) is 0 Å². The highest BCUT2D eigenvalue weighted by molar-refractivity contribution is 4.85. The van der Waals surface area contributed by atoms with Gasteiger partial charge >= 0.3 is 0 Å². The zero-order chi connectivity index (χ0) is 9.28. The van der Waals surface area contributed by atoms with Crippen molar-refractivity contribution in [1.82, 2.24) is 0 Å². The van der Waals surface area contributed by atoms with Crippen LogP contribution < -0.4 is 0 Å². The number of allylic oxidation sites excluding steroid dienone is 2. The van der Waals surface area contributed by atoms with Gasteiger partial charge in [0.1, 0.15) is 0 Å². The van der Waals surface area contributed by atoms with Crippen molar-refractivity contribution in [2.75, 3.05) is 13.2 Å². The number of aliphatic hydroxyl groups is 2. The molecule has 3 heteroatoms. The van der Waals surface area contributed by atoms with Gasteiger partial charge in [-0.05, 0) is 13.8 Å². The fraction of sp³-hybridized carbons (Fsp3) is 0.500. The zero-order valence-electron chi connectivity index (χ0n) is 7.13. The molecule has 0 radical (unpaired) electrons. The maximum absolute atomic E-state index is 7.62. The van der Waals surface area contributed by atoms with Crippen LogP contribution in [0.4, 0.5) is 0 Å². The summed E-state index contributed by atoms with van der Waals surface area (Å²) in [5.41, 5.74) is 0. The topological polar surface area (TPSA) is 49.7 Å². The SMILES string of the molecule is C=C(C)OC(=C)C.OCCO. The molecule has 0 aliphatic carbocycles. The van der Waals surface area contributed by atoms with E-state index in [0.717, 1.165) is 0 Å². The van der Waals surface area contributed by atoms with E-state index >= 15 is 0 Å². The number of hydrogen-bond acceptors (Lipinski definition) is 3. The number of aliphatic hydroxyl groups excluding tert-OH is 2. The largest absolute Gasteiger partial charge is 0.468 e. The molecule has 0 fully saturated rings.